The average Bonchev–Trinajstić information content (AvgIpc) is 2.54. The molecule has 2 rings (SSSR count). The molecule has 0 saturated carbocycles. The summed E-state index contributed by atoms with van der Waals surface area (Å²) < 4.78 is 39.8. The van der Waals surface area contributed by atoms with E-state index in [0.717, 1.165) is 9.79 Å². The molecule has 2 aromatic carbocycles. The summed E-state index contributed by atoms with van der Waals surface area (Å²) in [6.07, 6.45) is 0. The molecule has 0 aliphatic carbocycles. The second kappa shape index (κ2) is 13.8. The first kappa shape index (κ1) is 31.3. The van der Waals surface area contributed by atoms with Gasteiger partial charge in [-0.1, -0.05) is 0 Å². The number of benzene rings is 2. The van der Waals surface area contributed by atoms with Gasteiger partial charge in [0.15, 0.2) is 0 Å². The molecule has 0 heterocycles. The fourth-order valence-electron chi connectivity index (χ4n) is 3.84. The van der Waals surface area contributed by atoms with Crippen LogP contribution in [-0.2, 0) is 9.84 Å². The molecular formula is C14H14O2Ra8S. The molecule has 0 aliphatic rings. The molecule has 11 heteroatoms. The number of hydrogen-bond acceptors (Lipinski definition) is 2. The van der Waals surface area contributed by atoms with Gasteiger partial charge in [-0.2, -0.15) is 0 Å². The molecule has 2 aromatic rings. The normalized spacial score (nSPS) is 11.3. The van der Waals surface area contributed by atoms with Crippen LogP contribution >= 0.6 is 0 Å². The Hall–Kier alpha value is 10.1. The van der Waals surface area contributed by atoms with Crippen LogP contribution in [0.1, 0.15) is 11.1 Å². The SMILES string of the molecule is Cc1[c]([RaH])[c]([RaH])c(S(=O)(=O)c2[c]([RaH])[c]([RaH])c(C)[c]([RaH])[c]2[RaH])[c]([RaH])[c]1[RaH]. The van der Waals surface area contributed by atoms with Crippen molar-refractivity contribution in [1.29, 1.82) is 0 Å². The van der Waals surface area contributed by atoms with E-state index >= 15 is 0 Å². The molecule has 0 bridgehead atoms. The van der Waals surface area contributed by atoms with Gasteiger partial charge in [-0.25, -0.2) is 0 Å². The van der Waals surface area contributed by atoms with Gasteiger partial charge in [0.1, 0.15) is 0 Å². The summed E-state index contributed by atoms with van der Waals surface area (Å²) >= 11 is 1.45. The molecule has 0 saturated heterocycles. The van der Waals surface area contributed by atoms with Crippen molar-refractivity contribution in [3.05, 3.63) is 11.1 Å². The van der Waals surface area contributed by atoms with Crippen LogP contribution in [0.25, 0.3) is 0 Å². The Morgan fingerprint density at radius 3 is 0.880 bits per heavy atom. The summed E-state index contributed by atoms with van der Waals surface area (Å²) in [6.45, 7) is 4.59. The molecule has 0 N–H and O–H groups in total. The third-order valence-electron chi connectivity index (χ3n) is 6.40. The molecule has 0 atom stereocenters. The van der Waals surface area contributed by atoms with Gasteiger partial charge in [-0.3, -0.25) is 0 Å². The van der Waals surface area contributed by atoms with Crippen LogP contribution in [0, 0.1) is 356 Å². The first-order valence-corrected chi connectivity index (χ1v) is 43.1. The number of hydrogen-bond donors (Lipinski definition) is 0. The first-order chi connectivity index (χ1) is 11.4. The fourth-order valence-corrected chi connectivity index (χ4v) is 78.9. The maximum atomic E-state index is 14.0. The minimum absolute atomic E-state index is 0.109. The van der Waals surface area contributed by atoms with Gasteiger partial charge in [0, 0.05) is 0 Å². The molecule has 0 amide bonds. The molecule has 0 aliphatic heterocycles. The zero-order chi connectivity index (χ0) is 19.4. The van der Waals surface area contributed by atoms with Gasteiger partial charge in [-0.15, -0.1) is 0 Å². The van der Waals surface area contributed by atoms with E-state index in [9.17, 15) is 8.42 Å². The number of sulfone groups is 1. The predicted octanol–water partition coefficient (Wildman–Crippen LogP) is -5.61. The molecule has 25 heavy (non-hydrogen) atoms. The zero-order valence-electron chi connectivity index (χ0n) is 17.2. The Kier molecular flexibility index (Phi) is 17.3. The summed E-state index contributed by atoms with van der Waals surface area (Å²) in [5.41, 5.74) is 3.10. The third-order valence-corrected chi connectivity index (χ3v) is 127. The number of rotatable bonds is 2. The van der Waals surface area contributed by atoms with Crippen LogP contribution < -0.4 is 4.83 Å². The van der Waals surface area contributed by atoms with E-state index in [2.05, 4.69) is 13.8 Å². The summed E-state index contributed by atoms with van der Waals surface area (Å²) in [7, 11) is -3.21. The van der Waals surface area contributed by atoms with Gasteiger partial charge in [0.05, 0.1) is 0 Å². The predicted molar refractivity (Wildman–Crippen MR) is 76.0 cm³/mol. The summed E-state index contributed by atoms with van der Waals surface area (Å²) in [6, 6.07) is 0. The average molecular weight is 2050 g/mol. The van der Waals surface area contributed by atoms with Crippen LogP contribution in [-0.4, -0.2) is 8.42 Å². The van der Waals surface area contributed by atoms with Crippen LogP contribution in [0.2, 0.25) is 0 Å². The Morgan fingerprint density at radius 1 is 0.480 bits per heavy atom. The van der Waals surface area contributed by atoms with Crippen LogP contribution in [0.3, 0.4) is 0 Å². The van der Waals surface area contributed by atoms with Crippen molar-refractivity contribution in [2.45, 2.75) is 23.6 Å². The van der Waals surface area contributed by atoms with Crippen LogP contribution in [0.5, 0.6) is 0 Å². The molecular weight excluding hydrogens is 2040 g/mol. The Balaban J connectivity index is 3.02. The Morgan fingerprint density at radius 2 is 0.680 bits per heavy atom. The second-order valence-electron chi connectivity index (χ2n) is 7.41. The molecule has 0 fully saturated rings. The molecule has 104 valence electrons. The van der Waals surface area contributed by atoms with E-state index in [1.807, 2.05) is 0 Å². The second-order valence-corrected chi connectivity index (χ2v) is 42.1. The quantitative estimate of drug-likeness (QED) is 0.302. The van der Waals surface area contributed by atoms with Crippen molar-refractivity contribution in [2.24, 2.45) is 0 Å². The van der Waals surface area contributed by atoms with Crippen molar-refractivity contribution in [2.75, 3.05) is 0 Å². The van der Waals surface area contributed by atoms with Gasteiger partial charge >= 0.3 is 400 Å². The maximum absolute atomic E-state index is 14.0. The van der Waals surface area contributed by atoms with E-state index < -0.39 is 9.84 Å². The minimum atomic E-state index is -3.21. The summed E-state index contributed by atoms with van der Waals surface area (Å²) in [5.74, 6) is 0. The van der Waals surface area contributed by atoms with Crippen molar-refractivity contribution < 1.29 is 351 Å². The monoisotopic (exact) mass is 2050 g/mol. The Labute approximate surface area is 384 Å². The topological polar surface area (TPSA) is 34.1 Å². The zero-order valence-corrected chi connectivity index (χ0v) is 83.8. The summed E-state index contributed by atoms with van der Waals surface area (Å²) in [4.78, 5) is 1.86. The van der Waals surface area contributed by atoms with Crippen molar-refractivity contribution in [3.8, 4) is 0 Å². The van der Waals surface area contributed by atoms with E-state index in [-0.39, 0.29) is 342 Å². The van der Waals surface area contributed by atoms with E-state index in [4.69, 9.17) is 0 Å². The summed E-state index contributed by atoms with van der Waals surface area (Å²) in [5, 5.41) is 0. The molecule has 0 radical (unpaired) electrons. The Bertz CT molecular complexity index is 881. The van der Waals surface area contributed by atoms with Gasteiger partial charge in [0.2, 0.25) is 0 Å². The van der Waals surface area contributed by atoms with E-state index in [0.29, 0.717) is 0 Å². The van der Waals surface area contributed by atoms with Crippen LogP contribution in [0.15, 0.2) is 9.79 Å². The molecule has 0 spiro atoms. The van der Waals surface area contributed by atoms with Gasteiger partial charge in [0.25, 0.3) is 0 Å². The van der Waals surface area contributed by atoms with Crippen molar-refractivity contribution >= 4 is 14.7 Å². The van der Waals surface area contributed by atoms with Crippen molar-refractivity contribution in [1.82, 2.24) is 0 Å². The molecule has 0 unspecified atom stereocenters. The molecule has 2 nitrogen and oxygen atoms in total. The van der Waals surface area contributed by atoms with Crippen molar-refractivity contribution in [3.63, 3.8) is 0 Å². The van der Waals surface area contributed by atoms with Gasteiger partial charge < -0.3 is 0 Å². The first-order valence-electron chi connectivity index (χ1n) is 8.74. The fraction of sp³-hybridized carbons (Fsp3) is 0.143. The van der Waals surface area contributed by atoms with Gasteiger partial charge in [-0.05, 0) is 0 Å². The standard InChI is InChI=1S/C14H6O2S.8Ra.8H/c1-11-3-7-13(8-4-11)17(15,16)14-9-5-12(2)6-10-14;;;;;;;;;;;;;;;;/h1-2H3;;;;;;;;;;;;;;;;. The van der Waals surface area contributed by atoms with Crippen LogP contribution in [0.4, 0.5) is 0 Å². The van der Waals surface area contributed by atoms with E-state index in [1.54, 1.807) is 13.5 Å². The third kappa shape index (κ3) is 7.16. The molecule has 0 aromatic heterocycles. The van der Waals surface area contributed by atoms with E-state index in [1.165, 1.54) is 2.42 Å².